The summed E-state index contributed by atoms with van der Waals surface area (Å²) in [6.45, 7) is 6.74. The van der Waals surface area contributed by atoms with E-state index in [4.69, 9.17) is 9.15 Å². The van der Waals surface area contributed by atoms with Crippen molar-refractivity contribution in [1.29, 1.82) is 0 Å². The van der Waals surface area contributed by atoms with E-state index in [0.29, 0.717) is 29.2 Å². The van der Waals surface area contributed by atoms with Crippen LogP contribution in [0.1, 0.15) is 11.8 Å². The van der Waals surface area contributed by atoms with Gasteiger partial charge in [-0.25, -0.2) is 0 Å². The van der Waals surface area contributed by atoms with Gasteiger partial charge >= 0.3 is 0 Å². The molecule has 9 heteroatoms. The SMILES string of the molecule is CCOc1ccccc1-c1nnc(SCC(=O)N2CCN(Cc3cccs3)CC2)o1. The van der Waals surface area contributed by atoms with E-state index in [1.54, 1.807) is 11.3 Å². The van der Waals surface area contributed by atoms with Crippen LogP contribution in [0.3, 0.4) is 0 Å². The molecule has 2 aromatic heterocycles. The number of hydrogen-bond donors (Lipinski definition) is 0. The summed E-state index contributed by atoms with van der Waals surface area (Å²) in [7, 11) is 0. The molecule has 0 spiro atoms. The Labute approximate surface area is 184 Å². The molecule has 0 saturated carbocycles. The van der Waals surface area contributed by atoms with E-state index >= 15 is 0 Å². The summed E-state index contributed by atoms with van der Waals surface area (Å²) < 4.78 is 11.4. The third kappa shape index (κ3) is 5.21. The van der Waals surface area contributed by atoms with Crippen LogP contribution in [0.15, 0.2) is 51.4 Å². The summed E-state index contributed by atoms with van der Waals surface area (Å²) in [5.41, 5.74) is 0.756. The molecule has 1 fully saturated rings. The van der Waals surface area contributed by atoms with E-state index in [1.807, 2.05) is 36.1 Å². The molecule has 7 nitrogen and oxygen atoms in total. The predicted molar refractivity (Wildman–Crippen MR) is 118 cm³/mol. The zero-order valence-corrected chi connectivity index (χ0v) is 18.5. The Morgan fingerprint density at radius 3 is 2.77 bits per heavy atom. The van der Waals surface area contributed by atoms with Gasteiger partial charge in [0, 0.05) is 37.6 Å². The lowest BCUT2D eigenvalue weighted by Crippen LogP contribution is -2.48. The molecule has 3 aromatic rings. The third-order valence-electron chi connectivity index (χ3n) is 4.83. The van der Waals surface area contributed by atoms with Crippen molar-refractivity contribution in [3.8, 4) is 17.2 Å². The second-order valence-electron chi connectivity index (χ2n) is 6.83. The molecule has 0 atom stereocenters. The van der Waals surface area contributed by atoms with Crippen molar-refractivity contribution in [2.45, 2.75) is 18.7 Å². The van der Waals surface area contributed by atoms with E-state index < -0.39 is 0 Å². The Bertz CT molecular complexity index is 953. The largest absolute Gasteiger partial charge is 0.493 e. The fourth-order valence-electron chi connectivity index (χ4n) is 3.29. The van der Waals surface area contributed by atoms with Crippen LogP contribution in [0.5, 0.6) is 5.75 Å². The number of hydrogen-bond acceptors (Lipinski definition) is 8. The molecule has 0 aliphatic carbocycles. The number of para-hydroxylation sites is 1. The summed E-state index contributed by atoms with van der Waals surface area (Å²) in [6.07, 6.45) is 0. The zero-order chi connectivity index (χ0) is 20.8. The Morgan fingerprint density at radius 2 is 2.00 bits per heavy atom. The molecule has 0 unspecified atom stereocenters. The minimum absolute atomic E-state index is 0.102. The van der Waals surface area contributed by atoms with Crippen LogP contribution in [-0.2, 0) is 11.3 Å². The Morgan fingerprint density at radius 1 is 1.17 bits per heavy atom. The van der Waals surface area contributed by atoms with Crippen LogP contribution >= 0.6 is 23.1 Å². The van der Waals surface area contributed by atoms with Gasteiger partial charge in [-0.2, -0.15) is 0 Å². The number of piperazine rings is 1. The zero-order valence-electron chi connectivity index (χ0n) is 16.8. The first-order valence-electron chi connectivity index (χ1n) is 9.94. The van der Waals surface area contributed by atoms with E-state index in [0.717, 1.165) is 38.3 Å². The van der Waals surface area contributed by atoms with Crippen LogP contribution in [-0.4, -0.2) is 64.4 Å². The fraction of sp³-hybridized carbons (Fsp3) is 0.381. The highest BCUT2D eigenvalue weighted by Gasteiger charge is 2.22. The van der Waals surface area contributed by atoms with Gasteiger partial charge in [0.1, 0.15) is 5.75 Å². The lowest BCUT2D eigenvalue weighted by atomic mass is 10.2. The molecule has 1 aliphatic heterocycles. The van der Waals surface area contributed by atoms with E-state index in [-0.39, 0.29) is 5.91 Å². The Balaban J connectivity index is 1.27. The van der Waals surface area contributed by atoms with Crippen molar-refractivity contribution in [2.75, 3.05) is 38.5 Å². The van der Waals surface area contributed by atoms with Gasteiger partial charge in [-0.3, -0.25) is 9.69 Å². The maximum Gasteiger partial charge on any atom is 0.277 e. The minimum atomic E-state index is 0.102. The average Bonchev–Trinajstić information content (AvgIpc) is 3.45. The summed E-state index contributed by atoms with van der Waals surface area (Å²) in [5, 5.41) is 10.7. The van der Waals surface area contributed by atoms with E-state index in [9.17, 15) is 4.79 Å². The van der Waals surface area contributed by atoms with Crippen molar-refractivity contribution < 1.29 is 13.9 Å². The molecule has 1 aromatic carbocycles. The van der Waals surface area contributed by atoms with Crippen molar-refractivity contribution in [3.63, 3.8) is 0 Å². The van der Waals surface area contributed by atoms with Crippen molar-refractivity contribution in [2.24, 2.45) is 0 Å². The quantitative estimate of drug-likeness (QED) is 0.491. The topological polar surface area (TPSA) is 71.7 Å². The van der Waals surface area contributed by atoms with Crippen LogP contribution in [0, 0.1) is 0 Å². The molecule has 4 rings (SSSR count). The molecule has 0 radical (unpaired) electrons. The highest BCUT2D eigenvalue weighted by atomic mass is 32.2. The van der Waals surface area contributed by atoms with Crippen LogP contribution < -0.4 is 4.74 Å². The molecule has 1 saturated heterocycles. The first kappa shape index (κ1) is 20.9. The number of carbonyl (C=O) groups excluding carboxylic acids is 1. The van der Waals surface area contributed by atoms with Crippen LogP contribution in [0.4, 0.5) is 0 Å². The highest BCUT2D eigenvalue weighted by Crippen LogP contribution is 2.30. The van der Waals surface area contributed by atoms with Gasteiger partial charge in [-0.1, -0.05) is 30.0 Å². The summed E-state index contributed by atoms with van der Waals surface area (Å²) in [4.78, 5) is 18.3. The van der Waals surface area contributed by atoms with Crippen LogP contribution in [0.25, 0.3) is 11.5 Å². The Hall–Kier alpha value is -2.36. The summed E-state index contributed by atoms with van der Waals surface area (Å²) >= 11 is 3.05. The number of ether oxygens (including phenoxy) is 1. The number of benzene rings is 1. The van der Waals surface area contributed by atoms with Gasteiger partial charge in [0.2, 0.25) is 5.91 Å². The second kappa shape index (κ2) is 10.1. The second-order valence-corrected chi connectivity index (χ2v) is 8.79. The normalized spacial score (nSPS) is 14.8. The summed E-state index contributed by atoms with van der Waals surface area (Å²) in [5.74, 6) is 1.50. The standard InChI is InChI=1S/C21H24N4O3S2/c1-2-27-18-8-4-3-7-17(18)20-22-23-21(28-20)30-15-19(26)25-11-9-24(10-12-25)14-16-6-5-13-29-16/h3-8,13H,2,9-12,14-15H2,1H3. The van der Waals surface area contributed by atoms with Gasteiger partial charge in [-0.05, 0) is 30.5 Å². The molecular formula is C21H24N4O3S2. The number of thiophene rings is 1. The monoisotopic (exact) mass is 444 g/mol. The van der Waals surface area contributed by atoms with Crippen molar-refractivity contribution in [3.05, 3.63) is 46.7 Å². The lowest BCUT2D eigenvalue weighted by Gasteiger charge is -2.34. The predicted octanol–water partition coefficient (Wildman–Crippen LogP) is 3.63. The number of amides is 1. The molecule has 30 heavy (non-hydrogen) atoms. The molecular weight excluding hydrogens is 420 g/mol. The lowest BCUT2D eigenvalue weighted by molar-refractivity contribution is -0.130. The van der Waals surface area contributed by atoms with Crippen LogP contribution in [0.2, 0.25) is 0 Å². The third-order valence-corrected chi connectivity index (χ3v) is 6.49. The van der Waals surface area contributed by atoms with Crippen molar-refractivity contribution >= 4 is 29.0 Å². The molecule has 1 amide bonds. The molecule has 0 N–H and O–H groups in total. The van der Waals surface area contributed by atoms with Gasteiger partial charge in [0.05, 0.1) is 17.9 Å². The number of thioether (sulfide) groups is 1. The van der Waals surface area contributed by atoms with Gasteiger partial charge in [-0.15, -0.1) is 21.5 Å². The Kier molecular flexibility index (Phi) is 7.03. The molecule has 158 valence electrons. The number of nitrogens with zero attached hydrogens (tertiary/aromatic N) is 4. The number of rotatable bonds is 8. The van der Waals surface area contributed by atoms with Gasteiger partial charge in [0.25, 0.3) is 11.1 Å². The maximum absolute atomic E-state index is 12.6. The number of carbonyl (C=O) groups is 1. The van der Waals surface area contributed by atoms with Gasteiger partial charge < -0.3 is 14.1 Å². The molecule has 3 heterocycles. The first-order chi connectivity index (χ1) is 14.7. The van der Waals surface area contributed by atoms with E-state index in [2.05, 4.69) is 32.6 Å². The smallest absolute Gasteiger partial charge is 0.277 e. The van der Waals surface area contributed by atoms with Gasteiger partial charge in [0.15, 0.2) is 0 Å². The fourth-order valence-corrected chi connectivity index (χ4v) is 4.71. The number of aromatic nitrogens is 2. The summed E-state index contributed by atoms with van der Waals surface area (Å²) in [6, 6.07) is 11.8. The highest BCUT2D eigenvalue weighted by molar-refractivity contribution is 7.99. The molecule has 0 bridgehead atoms. The van der Waals surface area contributed by atoms with E-state index in [1.165, 1.54) is 16.6 Å². The molecule has 1 aliphatic rings. The average molecular weight is 445 g/mol. The minimum Gasteiger partial charge on any atom is -0.493 e. The maximum atomic E-state index is 12.6. The van der Waals surface area contributed by atoms with Crippen molar-refractivity contribution in [1.82, 2.24) is 20.0 Å². The first-order valence-corrected chi connectivity index (χ1v) is 11.8.